The highest BCUT2D eigenvalue weighted by Crippen LogP contribution is 2.18. The van der Waals surface area contributed by atoms with Crippen molar-refractivity contribution in [3.05, 3.63) is 52.3 Å². The predicted molar refractivity (Wildman–Crippen MR) is 105 cm³/mol. The molecule has 28 heavy (non-hydrogen) atoms. The van der Waals surface area contributed by atoms with Crippen LogP contribution in [0.4, 0.5) is 0 Å². The second-order valence-corrected chi connectivity index (χ2v) is 6.73. The average molecular weight is 386 g/mol. The average Bonchev–Trinajstić information content (AvgIpc) is 2.73. The molecule has 1 N–H and O–H groups in total. The maximum Gasteiger partial charge on any atom is 0.266 e. The van der Waals surface area contributed by atoms with E-state index in [9.17, 15) is 9.59 Å². The maximum atomic E-state index is 12.9. The number of hydrogen-bond donors (Lipinski definition) is 1. The number of hydrogen-bond acceptors (Lipinski definition) is 6. The third kappa shape index (κ3) is 5.03. The highest BCUT2D eigenvalue weighted by atomic mass is 16.5. The van der Waals surface area contributed by atoms with E-state index < -0.39 is 0 Å². The molecule has 0 saturated carbocycles. The molecule has 0 aliphatic carbocycles. The molecule has 1 aliphatic heterocycles. The number of piperazine rings is 1. The summed E-state index contributed by atoms with van der Waals surface area (Å²) in [7, 11) is 1.61. The van der Waals surface area contributed by atoms with Gasteiger partial charge in [-0.3, -0.25) is 14.5 Å². The molecule has 1 aromatic heterocycles. The molecule has 0 spiro atoms. The van der Waals surface area contributed by atoms with Crippen molar-refractivity contribution in [2.24, 2.45) is 7.05 Å². The van der Waals surface area contributed by atoms with Crippen LogP contribution in [0.3, 0.4) is 0 Å². The first-order valence-corrected chi connectivity index (χ1v) is 9.43. The molecule has 8 heteroatoms. The fraction of sp³-hybridized carbons (Fsp3) is 0.450. The fourth-order valence-corrected chi connectivity index (χ4v) is 3.19. The Labute approximate surface area is 164 Å². The smallest absolute Gasteiger partial charge is 0.266 e. The van der Waals surface area contributed by atoms with Gasteiger partial charge in [0.15, 0.2) is 0 Å². The van der Waals surface area contributed by atoms with E-state index >= 15 is 0 Å². The quantitative estimate of drug-likeness (QED) is 0.685. The lowest BCUT2D eigenvalue weighted by molar-refractivity contribution is 0.0486. The molecule has 0 bridgehead atoms. The number of rotatable bonds is 7. The molecule has 1 saturated heterocycles. The number of aliphatic hydroxyl groups excluding tert-OH is 1. The summed E-state index contributed by atoms with van der Waals surface area (Å²) < 4.78 is 6.59. The minimum atomic E-state index is -0.171. The van der Waals surface area contributed by atoms with Gasteiger partial charge in [0.05, 0.1) is 25.5 Å². The number of aliphatic hydroxyl groups is 1. The van der Waals surface area contributed by atoms with Gasteiger partial charge in [0.1, 0.15) is 0 Å². The summed E-state index contributed by atoms with van der Waals surface area (Å²) in [4.78, 5) is 28.5. The zero-order chi connectivity index (χ0) is 19.9. The summed E-state index contributed by atoms with van der Waals surface area (Å²) in [5.41, 5.74) is 1.91. The van der Waals surface area contributed by atoms with E-state index in [1.165, 1.54) is 10.7 Å². The third-order valence-electron chi connectivity index (χ3n) is 4.81. The normalized spacial score (nSPS) is 15.0. The highest BCUT2D eigenvalue weighted by Gasteiger charge is 2.22. The van der Waals surface area contributed by atoms with E-state index in [0.717, 1.165) is 25.2 Å². The standard InChI is InChI=1S/C20H26N4O4/c1-22-19(26)6-5-18(21-22)16-3-2-4-17(15-16)20(27)24-9-7-23(8-10-24)11-13-28-14-12-25/h2-6,15,25H,7-14H2,1H3. The van der Waals surface area contributed by atoms with Crippen LogP contribution >= 0.6 is 0 Å². The monoisotopic (exact) mass is 386 g/mol. The summed E-state index contributed by atoms with van der Waals surface area (Å²) in [6.07, 6.45) is 0. The van der Waals surface area contributed by atoms with Crippen LogP contribution in [0, 0.1) is 0 Å². The Morgan fingerprint density at radius 2 is 1.93 bits per heavy atom. The van der Waals surface area contributed by atoms with Crippen LogP contribution in [0.5, 0.6) is 0 Å². The van der Waals surface area contributed by atoms with Gasteiger partial charge in [-0.1, -0.05) is 12.1 Å². The Hall–Kier alpha value is -2.55. The largest absolute Gasteiger partial charge is 0.394 e. The molecule has 3 rings (SSSR count). The Kier molecular flexibility index (Phi) is 6.91. The van der Waals surface area contributed by atoms with Gasteiger partial charge in [-0.15, -0.1) is 0 Å². The number of aromatic nitrogens is 2. The van der Waals surface area contributed by atoms with Crippen molar-refractivity contribution in [3.63, 3.8) is 0 Å². The van der Waals surface area contributed by atoms with E-state index in [1.807, 2.05) is 29.2 Å². The molecule has 0 radical (unpaired) electrons. The third-order valence-corrected chi connectivity index (χ3v) is 4.81. The Bertz CT molecular complexity index is 859. The highest BCUT2D eigenvalue weighted by molar-refractivity contribution is 5.95. The number of nitrogens with zero attached hydrogens (tertiary/aromatic N) is 4. The molecule has 1 amide bonds. The van der Waals surface area contributed by atoms with Gasteiger partial charge in [0, 0.05) is 57.0 Å². The van der Waals surface area contributed by atoms with Gasteiger partial charge in [-0.25, -0.2) is 4.68 Å². The van der Waals surface area contributed by atoms with Crippen molar-refractivity contribution in [1.29, 1.82) is 0 Å². The number of amides is 1. The van der Waals surface area contributed by atoms with E-state index in [1.54, 1.807) is 13.1 Å². The van der Waals surface area contributed by atoms with Gasteiger partial charge < -0.3 is 14.7 Å². The van der Waals surface area contributed by atoms with Crippen LogP contribution in [0.25, 0.3) is 11.3 Å². The van der Waals surface area contributed by atoms with Gasteiger partial charge in [-0.2, -0.15) is 5.10 Å². The molecule has 1 aliphatic rings. The Morgan fingerprint density at radius 3 is 2.64 bits per heavy atom. The predicted octanol–water partition coefficient (Wildman–Crippen LogP) is 0.214. The molecule has 150 valence electrons. The summed E-state index contributed by atoms with van der Waals surface area (Å²) in [5, 5.41) is 13.0. The summed E-state index contributed by atoms with van der Waals surface area (Å²) in [5.74, 6) is 0.00264. The molecule has 8 nitrogen and oxygen atoms in total. The molecular weight excluding hydrogens is 360 g/mol. The molecule has 2 aromatic rings. The van der Waals surface area contributed by atoms with Crippen LogP contribution in [0.15, 0.2) is 41.2 Å². The lowest BCUT2D eigenvalue weighted by Gasteiger charge is -2.34. The number of aryl methyl sites for hydroxylation is 1. The van der Waals surface area contributed by atoms with Gasteiger partial charge >= 0.3 is 0 Å². The zero-order valence-corrected chi connectivity index (χ0v) is 16.1. The molecular formula is C20H26N4O4. The van der Waals surface area contributed by atoms with E-state index in [0.29, 0.717) is 37.6 Å². The zero-order valence-electron chi connectivity index (χ0n) is 16.1. The first kappa shape index (κ1) is 20.2. The molecule has 1 aromatic carbocycles. The number of carbonyl (C=O) groups is 1. The summed E-state index contributed by atoms with van der Waals surface area (Å²) in [6.45, 7) is 4.73. The van der Waals surface area contributed by atoms with Gasteiger partial charge in [0.2, 0.25) is 0 Å². The number of ether oxygens (including phenoxy) is 1. The number of benzene rings is 1. The second kappa shape index (κ2) is 9.59. The van der Waals surface area contributed by atoms with Gasteiger partial charge in [0.25, 0.3) is 11.5 Å². The molecule has 2 heterocycles. The topological polar surface area (TPSA) is 87.9 Å². The molecule has 0 unspecified atom stereocenters. The first-order valence-electron chi connectivity index (χ1n) is 9.43. The van der Waals surface area contributed by atoms with Gasteiger partial charge in [-0.05, 0) is 18.2 Å². The lowest BCUT2D eigenvalue weighted by Crippen LogP contribution is -2.49. The molecule has 1 fully saturated rings. The number of carbonyl (C=O) groups excluding carboxylic acids is 1. The second-order valence-electron chi connectivity index (χ2n) is 6.73. The Balaban J connectivity index is 1.61. The fourth-order valence-electron chi connectivity index (χ4n) is 3.19. The van der Waals surface area contributed by atoms with Crippen molar-refractivity contribution in [3.8, 4) is 11.3 Å². The summed E-state index contributed by atoms with van der Waals surface area (Å²) in [6, 6.07) is 10.5. The Morgan fingerprint density at radius 1 is 1.14 bits per heavy atom. The first-order chi connectivity index (χ1) is 13.6. The van der Waals surface area contributed by atoms with E-state index in [-0.39, 0.29) is 18.1 Å². The lowest BCUT2D eigenvalue weighted by atomic mass is 10.1. The summed E-state index contributed by atoms with van der Waals surface area (Å²) >= 11 is 0. The minimum absolute atomic E-state index is 0.00264. The SMILES string of the molecule is Cn1nc(-c2cccc(C(=O)N3CCN(CCOCCO)CC3)c2)ccc1=O. The van der Waals surface area contributed by atoms with Crippen LogP contribution in [0.2, 0.25) is 0 Å². The van der Waals surface area contributed by atoms with Crippen molar-refractivity contribution < 1.29 is 14.6 Å². The van der Waals surface area contributed by atoms with Crippen LogP contribution in [0.1, 0.15) is 10.4 Å². The maximum absolute atomic E-state index is 12.9. The van der Waals surface area contributed by atoms with Crippen molar-refractivity contribution in [1.82, 2.24) is 19.6 Å². The van der Waals surface area contributed by atoms with Crippen LogP contribution < -0.4 is 5.56 Å². The molecule has 0 atom stereocenters. The van der Waals surface area contributed by atoms with E-state index in [2.05, 4.69) is 10.00 Å². The van der Waals surface area contributed by atoms with Crippen LogP contribution in [-0.4, -0.2) is 83.1 Å². The van der Waals surface area contributed by atoms with E-state index in [4.69, 9.17) is 9.84 Å². The van der Waals surface area contributed by atoms with Crippen molar-refractivity contribution in [2.75, 3.05) is 52.5 Å². The minimum Gasteiger partial charge on any atom is -0.394 e. The van der Waals surface area contributed by atoms with Crippen LogP contribution in [-0.2, 0) is 11.8 Å². The van der Waals surface area contributed by atoms with Crippen molar-refractivity contribution in [2.45, 2.75) is 0 Å². The van der Waals surface area contributed by atoms with Crippen molar-refractivity contribution >= 4 is 5.91 Å².